The van der Waals surface area contributed by atoms with Gasteiger partial charge in [-0.15, -0.1) is 0 Å². The molecule has 172 valence electrons. The molecule has 0 atom stereocenters. The number of benzene rings is 3. The van der Waals surface area contributed by atoms with Crippen molar-refractivity contribution < 1.29 is 19.1 Å². The van der Waals surface area contributed by atoms with Crippen molar-refractivity contribution in [3.05, 3.63) is 100 Å². The molecule has 0 spiro atoms. The number of anilines is 1. The van der Waals surface area contributed by atoms with Gasteiger partial charge in [0.2, 0.25) is 0 Å². The predicted octanol–water partition coefficient (Wildman–Crippen LogP) is 5.11. The first-order valence-electron chi connectivity index (χ1n) is 11.1. The number of urea groups is 1. The smallest absolute Gasteiger partial charge is 0.335 e. The Morgan fingerprint density at radius 1 is 0.853 bits per heavy atom. The van der Waals surface area contributed by atoms with Crippen LogP contribution in [0.25, 0.3) is 6.08 Å². The van der Waals surface area contributed by atoms with E-state index in [-0.39, 0.29) is 5.57 Å². The molecule has 34 heavy (non-hydrogen) atoms. The van der Waals surface area contributed by atoms with Crippen molar-refractivity contribution in [2.45, 2.75) is 33.8 Å². The number of nitrogens with zero attached hydrogens (tertiary/aromatic N) is 1. The van der Waals surface area contributed by atoms with Crippen molar-refractivity contribution in [1.82, 2.24) is 5.32 Å². The van der Waals surface area contributed by atoms with Gasteiger partial charge in [-0.2, -0.15) is 0 Å². The van der Waals surface area contributed by atoms with E-state index in [4.69, 9.17) is 4.74 Å². The van der Waals surface area contributed by atoms with Crippen LogP contribution in [0.5, 0.6) is 5.75 Å². The van der Waals surface area contributed by atoms with Gasteiger partial charge in [0.15, 0.2) is 0 Å². The molecule has 1 saturated heterocycles. The van der Waals surface area contributed by atoms with Crippen LogP contribution in [0.1, 0.15) is 34.7 Å². The number of nitrogens with one attached hydrogen (secondary N) is 1. The van der Waals surface area contributed by atoms with E-state index in [0.29, 0.717) is 23.6 Å². The van der Waals surface area contributed by atoms with E-state index in [0.717, 1.165) is 22.4 Å². The minimum Gasteiger partial charge on any atom is -0.489 e. The summed E-state index contributed by atoms with van der Waals surface area (Å²) in [5.41, 5.74) is 5.56. The Balaban J connectivity index is 1.50. The second-order valence-electron chi connectivity index (χ2n) is 8.25. The van der Waals surface area contributed by atoms with E-state index < -0.39 is 17.8 Å². The van der Waals surface area contributed by atoms with Gasteiger partial charge >= 0.3 is 6.03 Å². The highest BCUT2D eigenvalue weighted by Gasteiger charge is 2.36. The number of ether oxygens (including phenoxy) is 1. The van der Waals surface area contributed by atoms with E-state index in [1.807, 2.05) is 25.1 Å². The average Bonchev–Trinajstić information content (AvgIpc) is 2.83. The van der Waals surface area contributed by atoms with Gasteiger partial charge in [-0.05, 0) is 78.4 Å². The number of hydrogen-bond donors (Lipinski definition) is 1. The minimum atomic E-state index is -0.758. The first-order chi connectivity index (χ1) is 16.4. The molecule has 0 aromatic heterocycles. The van der Waals surface area contributed by atoms with E-state index in [1.54, 1.807) is 36.4 Å². The molecule has 4 amide bonds. The lowest BCUT2D eigenvalue weighted by Gasteiger charge is -2.26. The number of imide groups is 2. The maximum Gasteiger partial charge on any atom is 0.335 e. The third kappa shape index (κ3) is 4.91. The molecule has 3 aromatic rings. The lowest BCUT2D eigenvalue weighted by atomic mass is 10.1. The molecule has 4 rings (SSSR count). The number of amides is 4. The Labute approximate surface area is 198 Å². The van der Waals surface area contributed by atoms with Crippen molar-refractivity contribution in [3.63, 3.8) is 0 Å². The van der Waals surface area contributed by atoms with Crippen molar-refractivity contribution in [1.29, 1.82) is 0 Å². The number of carbonyl (C=O) groups excluding carboxylic acids is 3. The predicted molar refractivity (Wildman–Crippen MR) is 132 cm³/mol. The van der Waals surface area contributed by atoms with Crippen LogP contribution in [0, 0.1) is 13.8 Å². The lowest BCUT2D eigenvalue weighted by Crippen LogP contribution is -2.54. The van der Waals surface area contributed by atoms with Gasteiger partial charge < -0.3 is 4.74 Å². The monoisotopic (exact) mass is 454 g/mol. The molecule has 6 nitrogen and oxygen atoms in total. The number of aryl methyl sites for hydroxylation is 3. The highest BCUT2D eigenvalue weighted by molar-refractivity contribution is 6.39. The zero-order valence-electron chi connectivity index (χ0n) is 19.4. The molecule has 1 aliphatic heterocycles. The summed E-state index contributed by atoms with van der Waals surface area (Å²) in [5.74, 6) is -0.702. The Morgan fingerprint density at radius 3 is 2.18 bits per heavy atom. The average molecular weight is 455 g/mol. The molecule has 1 aliphatic rings. The highest BCUT2D eigenvalue weighted by Crippen LogP contribution is 2.23. The van der Waals surface area contributed by atoms with Crippen LogP contribution in [0.4, 0.5) is 10.5 Å². The summed E-state index contributed by atoms with van der Waals surface area (Å²) in [7, 11) is 0. The topological polar surface area (TPSA) is 75.7 Å². The largest absolute Gasteiger partial charge is 0.489 e. The first-order valence-corrected chi connectivity index (χ1v) is 11.1. The molecular weight excluding hydrogens is 428 g/mol. The third-order valence-corrected chi connectivity index (χ3v) is 5.87. The van der Waals surface area contributed by atoms with Crippen molar-refractivity contribution >= 4 is 29.6 Å². The lowest BCUT2D eigenvalue weighted by molar-refractivity contribution is -0.122. The molecule has 6 heteroatoms. The normalized spacial score (nSPS) is 15.0. The summed E-state index contributed by atoms with van der Waals surface area (Å²) >= 11 is 0. The number of rotatable bonds is 6. The van der Waals surface area contributed by atoms with Gasteiger partial charge in [-0.1, -0.05) is 49.4 Å². The fourth-order valence-electron chi connectivity index (χ4n) is 3.66. The fourth-order valence-corrected chi connectivity index (χ4v) is 3.66. The van der Waals surface area contributed by atoms with Crippen LogP contribution in [0.3, 0.4) is 0 Å². The summed E-state index contributed by atoms with van der Waals surface area (Å²) < 4.78 is 5.86. The maximum absolute atomic E-state index is 13.0. The summed E-state index contributed by atoms with van der Waals surface area (Å²) in [4.78, 5) is 38.8. The summed E-state index contributed by atoms with van der Waals surface area (Å²) in [6.45, 7) is 6.60. The fraction of sp³-hybridized carbons (Fsp3) is 0.179. The van der Waals surface area contributed by atoms with Gasteiger partial charge in [0, 0.05) is 0 Å². The van der Waals surface area contributed by atoms with Crippen LogP contribution in [-0.4, -0.2) is 17.8 Å². The van der Waals surface area contributed by atoms with Crippen LogP contribution in [-0.2, 0) is 22.6 Å². The Hall–Kier alpha value is -4.19. The molecule has 0 saturated carbocycles. The van der Waals surface area contributed by atoms with Gasteiger partial charge in [0.25, 0.3) is 11.8 Å². The number of carbonyl (C=O) groups is 3. The molecular formula is C28H26N2O4. The molecule has 0 unspecified atom stereocenters. The Morgan fingerprint density at radius 2 is 1.53 bits per heavy atom. The second-order valence-corrected chi connectivity index (χ2v) is 8.25. The van der Waals surface area contributed by atoms with E-state index in [1.165, 1.54) is 17.2 Å². The first kappa shape index (κ1) is 23.0. The summed E-state index contributed by atoms with van der Waals surface area (Å²) in [6.07, 6.45) is 2.32. The quantitative estimate of drug-likeness (QED) is 0.415. The molecule has 0 radical (unpaired) electrons. The SMILES string of the molecule is CCc1ccc(N2C(=O)NC(=O)/C(=C\c3ccc(OCc4ccc(C)c(C)c4)cc3)C2=O)cc1. The second kappa shape index (κ2) is 9.75. The van der Waals surface area contributed by atoms with E-state index >= 15 is 0 Å². The van der Waals surface area contributed by atoms with Crippen LogP contribution in [0.15, 0.2) is 72.3 Å². The van der Waals surface area contributed by atoms with Crippen LogP contribution in [0.2, 0.25) is 0 Å². The molecule has 1 N–H and O–H groups in total. The number of hydrogen-bond acceptors (Lipinski definition) is 4. The molecule has 0 bridgehead atoms. The van der Waals surface area contributed by atoms with Crippen molar-refractivity contribution in [3.8, 4) is 5.75 Å². The van der Waals surface area contributed by atoms with Gasteiger partial charge in [-0.25, -0.2) is 9.69 Å². The Kier molecular flexibility index (Phi) is 6.59. The summed E-state index contributed by atoms with van der Waals surface area (Å²) in [5, 5.41) is 2.25. The standard InChI is InChI=1S/C28H26N2O4/c1-4-20-7-11-23(12-8-20)30-27(32)25(26(31)29-28(30)33)16-21-9-13-24(14-10-21)34-17-22-6-5-18(2)19(3)15-22/h5-16H,4,17H2,1-3H3,(H,29,31,33)/b25-16+. The van der Waals surface area contributed by atoms with Crippen molar-refractivity contribution in [2.75, 3.05) is 4.90 Å². The molecule has 1 fully saturated rings. The van der Waals surface area contributed by atoms with E-state index in [9.17, 15) is 14.4 Å². The molecule has 3 aromatic carbocycles. The zero-order chi connectivity index (χ0) is 24.2. The minimum absolute atomic E-state index is 0.108. The molecule has 1 heterocycles. The van der Waals surface area contributed by atoms with Gasteiger partial charge in [0.1, 0.15) is 17.9 Å². The van der Waals surface area contributed by atoms with Crippen LogP contribution < -0.4 is 15.0 Å². The maximum atomic E-state index is 13.0. The Bertz CT molecular complexity index is 1270. The molecule has 0 aliphatic carbocycles. The van der Waals surface area contributed by atoms with Gasteiger partial charge in [-0.3, -0.25) is 14.9 Å². The van der Waals surface area contributed by atoms with Gasteiger partial charge in [0.05, 0.1) is 5.69 Å². The highest BCUT2D eigenvalue weighted by atomic mass is 16.5. The van der Waals surface area contributed by atoms with Crippen molar-refractivity contribution in [2.24, 2.45) is 0 Å². The zero-order valence-corrected chi connectivity index (χ0v) is 19.4. The third-order valence-electron chi connectivity index (χ3n) is 5.87. The van der Waals surface area contributed by atoms with E-state index in [2.05, 4.69) is 31.3 Å². The summed E-state index contributed by atoms with van der Waals surface area (Å²) in [6, 6.07) is 19.7. The van der Waals surface area contributed by atoms with Crippen LogP contribution >= 0.6 is 0 Å². The number of barbiturate groups is 1.